The monoisotopic (exact) mass is 404 g/mol. The molecule has 2 aromatic carbocycles. The third-order valence-electron chi connectivity index (χ3n) is 5.33. The van der Waals surface area contributed by atoms with Crippen LogP contribution in [0.3, 0.4) is 0 Å². The van der Waals surface area contributed by atoms with E-state index in [1.165, 1.54) is 0 Å². The van der Waals surface area contributed by atoms with Crippen LogP contribution in [-0.4, -0.2) is 27.6 Å². The second kappa shape index (κ2) is 9.74. The van der Waals surface area contributed by atoms with Gasteiger partial charge in [0.1, 0.15) is 17.7 Å². The Hall–Kier alpha value is -2.89. The van der Waals surface area contributed by atoms with Crippen molar-refractivity contribution in [3.63, 3.8) is 0 Å². The van der Waals surface area contributed by atoms with Gasteiger partial charge in [0.15, 0.2) is 6.29 Å². The highest BCUT2D eigenvalue weighted by molar-refractivity contribution is 5.66. The van der Waals surface area contributed by atoms with E-state index in [4.69, 9.17) is 9.47 Å². The molecule has 1 fully saturated rings. The molecule has 156 valence electrons. The zero-order valence-corrected chi connectivity index (χ0v) is 17.3. The highest BCUT2D eigenvalue weighted by Crippen LogP contribution is 2.24. The first-order valence-electron chi connectivity index (χ1n) is 10.5. The number of phenols is 1. The Labute approximate surface area is 177 Å². The molecule has 5 nitrogen and oxygen atoms in total. The number of imidazole rings is 1. The van der Waals surface area contributed by atoms with Crippen LogP contribution in [0.4, 0.5) is 0 Å². The largest absolute Gasteiger partial charge is 0.508 e. The Morgan fingerprint density at radius 1 is 1.13 bits per heavy atom. The third kappa shape index (κ3) is 5.17. The molecule has 5 heteroatoms. The highest BCUT2D eigenvalue weighted by Gasteiger charge is 2.20. The van der Waals surface area contributed by atoms with Crippen LogP contribution < -0.4 is 0 Å². The Morgan fingerprint density at radius 3 is 2.57 bits per heavy atom. The Morgan fingerprint density at radius 2 is 1.87 bits per heavy atom. The number of nitrogens with zero attached hydrogens (tertiary/aromatic N) is 2. The van der Waals surface area contributed by atoms with E-state index < -0.39 is 0 Å². The van der Waals surface area contributed by atoms with Gasteiger partial charge in [0.25, 0.3) is 0 Å². The molecule has 0 amide bonds. The van der Waals surface area contributed by atoms with E-state index >= 15 is 0 Å². The van der Waals surface area contributed by atoms with E-state index in [-0.39, 0.29) is 18.1 Å². The van der Waals surface area contributed by atoms with Gasteiger partial charge < -0.3 is 19.1 Å². The zero-order valence-electron chi connectivity index (χ0n) is 17.3. The van der Waals surface area contributed by atoms with Crippen molar-refractivity contribution in [3.05, 3.63) is 78.4 Å². The lowest BCUT2D eigenvalue weighted by Gasteiger charge is -2.26. The predicted octanol–water partition coefficient (Wildman–Crippen LogP) is 5.57. The number of aromatic hydroxyl groups is 1. The third-order valence-corrected chi connectivity index (χ3v) is 5.33. The topological polar surface area (TPSA) is 56.5 Å². The molecule has 0 saturated carbocycles. The van der Waals surface area contributed by atoms with Gasteiger partial charge in [-0.1, -0.05) is 48.6 Å². The molecule has 3 aromatic rings. The molecule has 2 heterocycles. The van der Waals surface area contributed by atoms with Gasteiger partial charge in [-0.15, -0.1) is 0 Å². The van der Waals surface area contributed by atoms with Crippen LogP contribution in [0.5, 0.6) is 5.75 Å². The molecule has 2 atom stereocenters. The highest BCUT2D eigenvalue weighted by atomic mass is 16.7. The molecule has 0 radical (unpaired) electrons. The van der Waals surface area contributed by atoms with Gasteiger partial charge in [0.05, 0.1) is 0 Å². The summed E-state index contributed by atoms with van der Waals surface area (Å²) in [6.07, 6.45) is 11.0. The fraction of sp³-hybridized carbons (Fsp3) is 0.320. The summed E-state index contributed by atoms with van der Waals surface area (Å²) in [5.41, 5.74) is 3.35. The first-order valence-corrected chi connectivity index (χ1v) is 10.5. The Balaban J connectivity index is 1.35. The Kier molecular flexibility index (Phi) is 6.62. The molecule has 30 heavy (non-hydrogen) atoms. The van der Waals surface area contributed by atoms with Gasteiger partial charge in [0.2, 0.25) is 0 Å². The lowest BCUT2D eigenvalue weighted by molar-refractivity contribution is -0.188. The summed E-state index contributed by atoms with van der Waals surface area (Å²) in [5, 5.41) is 9.43. The molecular formula is C25H28N2O3. The van der Waals surface area contributed by atoms with Crippen LogP contribution in [0, 0.1) is 0 Å². The van der Waals surface area contributed by atoms with E-state index in [1.807, 2.05) is 31.5 Å². The average Bonchev–Trinajstić information content (AvgIpc) is 3.24. The Bertz CT molecular complexity index is 955. The summed E-state index contributed by atoms with van der Waals surface area (Å²) < 4.78 is 13.9. The van der Waals surface area contributed by atoms with Crippen molar-refractivity contribution in [2.24, 2.45) is 0 Å². The van der Waals surface area contributed by atoms with Crippen LogP contribution in [-0.2, 0) is 16.0 Å². The number of rotatable bonds is 7. The standard InChI is InChI=1S/C25H28N2O3/c1-19(30-24-6-2-3-18-29-24)25-26-15-17-27(25)16-4-5-20-7-9-21(10-8-20)22-11-13-23(28)14-12-22/h4-5,7-15,17,19,24,28H,2-3,6,16,18H2,1H3/b5-4+/t19-,24?/m0/s1. The molecule has 0 aliphatic carbocycles. The predicted molar refractivity (Wildman–Crippen MR) is 118 cm³/mol. The van der Waals surface area contributed by atoms with Crippen LogP contribution in [0.2, 0.25) is 0 Å². The van der Waals surface area contributed by atoms with Gasteiger partial charge in [-0.05, 0) is 55.0 Å². The van der Waals surface area contributed by atoms with Gasteiger partial charge >= 0.3 is 0 Å². The summed E-state index contributed by atoms with van der Waals surface area (Å²) in [4.78, 5) is 4.49. The number of phenolic OH excluding ortho intramolecular Hbond substituents is 1. The smallest absolute Gasteiger partial charge is 0.158 e. The number of allylic oxidation sites excluding steroid dienone is 1. The number of ether oxygens (including phenoxy) is 2. The van der Waals surface area contributed by atoms with Crippen LogP contribution in [0.15, 0.2) is 67.0 Å². The minimum atomic E-state index is -0.124. The maximum atomic E-state index is 9.43. The first-order chi connectivity index (χ1) is 14.7. The van der Waals surface area contributed by atoms with Crippen molar-refractivity contribution in [2.75, 3.05) is 6.61 Å². The number of benzene rings is 2. The van der Waals surface area contributed by atoms with Crippen LogP contribution in [0.1, 0.15) is 43.7 Å². The maximum Gasteiger partial charge on any atom is 0.158 e. The lowest BCUT2D eigenvalue weighted by Crippen LogP contribution is -2.24. The second-order valence-electron chi connectivity index (χ2n) is 7.58. The quantitative estimate of drug-likeness (QED) is 0.559. The summed E-state index contributed by atoms with van der Waals surface area (Å²) >= 11 is 0. The van der Waals surface area contributed by atoms with E-state index in [1.54, 1.807) is 12.1 Å². The van der Waals surface area contributed by atoms with Gasteiger partial charge in [0, 0.05) is 25.5 Å². The summed E-state index contributed by atoms with van der Waals surface area (Å²) in [7, 11) is 0. The fourth-order valence-electron chi connectivity index (χ4n) is 3.68. The minimum absolute atomic E-state index is 0.110. The molecule has 1 saturated heterocycles. The van der Waals surface area contributed by atoms with Gasteiger partial charge in [-0.3, -0.25) is 0 Å². The molecule has 1 unspecified atom stereocenters. The van der Waals surface area contributed by atoms with Crippen molar-refractivity contribution in [2.45, 2.75) is 45.1 Å². The first kappa shape index (κ1) is 20.4. The van der Waals surface area contributed by atoms with Crippen molar-refractivity contribution >= 4 is 6.08 Å². The summed E-state index contributed by atoms with van der Waals surface area (Å²) in [6.45, 7) is 3.54. The van der Waals surface area contributed by atoms with Crippen LogP contribution >= 0.6 is 0 Å². The van der Waals surface area contributed by atoms with E-state index in [0.717, 1.165) is 54.9 Å². The molecule has 0 spiro atoms. The van der Waals surface area contributed by atoms with E-state index in [2.05, 4.69) is 46.0 Å². The summed E-state index contributed by atoms with van der Waals surface area (Å²) in [5.74, 6) is 1.19. The second-order valence-corrected chi connectivity index (χ2v) is 7.58. The van der Waals surface area contributed by atoms with Crippen molar-refractivity contribution in [1.29, 1.82) is 0 Å². The van der Waals surface area contributed by atoms with E-state index in [0.29, 0.717) is 0 Å². The minimum Gasteiger partial charge on any atom is -0.508 e. The molecule has 1 aromatic heterocycles. The SMILES string of the molecule is C[C@H](OC1CCCCO1)c1nccn1C/C=C/c1ccc(-c2ccc(O)cc2)cc1. The maximum absolute atomic E-state index is 9.43. The van der Waals surface area contributed by atoms with Crippen molar-refractivity contribution < 1.29 is 14.6 Å². The van der Waals surface area contributed by atoms with Gasteiger partial charge in [-0.2, -0.15) is 0 Å². The molecule has 0 bridgehead atoms. The van der Waals surface area contributed by atoms with Gasteiger partial charge in [-0.25, -0.2) is 4.98 Å². The lowest BCUT2D eigenvalue weighted by atomic mass is 10.0. The summed E-state index contributed by atoms with van der Waals surface area (Å²) in [6, 6.07) is 15.6. The van der Waals surface area contributed by atoms with Crippen molar-refractivity contribution in [1.82, 2.24) is 9.55 Å². The van der Waals surface area contributed by atoms with E-state index in [9.17, 15) is 5.11 Å². The normalized spacial score (nSPS) is 18.0. The molecule has 1 aliphatic heterocycles. The average molecular weight is 405 g/mol. The zero-order chi connectivity index (χ0) is 20.8. The number of aromatic nitrogens is 2. The number of hydrogen-bond donors (Lipinski definition) is 1. The van der Waals surface area contributed by atoms with Crippen molar-refractivity contribution in [3.8, 4) is 16.9 Å². The molecule has 1 aliphatic rings. The fourth-order valence-corrected chi connectivity index (χ4v) is 3.68. The molecular weight excluding hydrogens is 376 g/mol. The number of hydrogen-bond acceptors (Lipinski definition) is 4. The molecule has 4 rings (SSSR count). The molecule has 1 N–H and O–H groups in total. The van der Waals surface area contributed by atoms with Crippen LogP contribution in [0.25, 0.3) is 17.2 Å².